The second kappa shape index (κ2) is 8.69. The van der Waals surface area contributed by atoms with E-state index in [2.05, 4.69) is 39.3 Å². The van der Waals surface area contributed by atoms with Gasteiger partial charge in [0, 0.05) is 24.2 Å². The van der Waals surface area contributed by atoms with Crippen LogP contribution in [0, 0.1) is 5.92 Å². The SMILES string of the molecule is CCOC(=O)Cn1cc(-c2nc([C@@](C)(c3ccc(-c4cnc(N)nc4)cc3)C3CC3)no2)cn1. The van der Waals surface area contributed by atoms with Crippen molar-refractivity contribution in [3.8, 4) is 22.6 Å². The van der Waals surface area contributed by atoms with E-state index in [1.807, 2.05) is 12.1 Å². The van der Waals surface area contributed by atoms with E-state index in [1.54, 1.807) is 31.7 Å². The molecular formula is C24H25N7O3. The molecule has 3 aromatic heterocycles. The molecule has 0 unspecified atom stereocenters. The van der Waals surface area contributed by atoms with Crippen LogP contribution in [0.2, 0.25) is 0 Å². The molecule has 0 amide bonds. The largest absolute Gasteiger partial charge is 0.465 e. The summed E-state index contributed by atoms with van der Waals surface area (Å²) in [7, 11) is 0. The Kier molecular flexibility index (Phi) is 5.56. The molecule has 34 heavy (non-hydrogen) atoms. The third kappa shape index (κ3) is 4.14. The fourth-order valence-electron chi connectivity index (χ4n) is 4.16. The first-order valence-corrected chi connectivity index (χ1v) is 11.2. The molecule has 1 aliphatic carbocycles. The Labute approximate surface area is 196 Å². The Hall–Kier alpha value is -4.08. The minimum Gasteiger partial charge on any atom is -0.465 e. The van der Waals surface area contributed by atoms with Crippen molar-refractivity contribution < 1.29 is 14.1 Å². The summed E-state index contributed by atoms with van der Waals surface area (Å²) in [6.07, 6.45) is 8.94. The fraction of sp³-hybridized carbons (Fsp3) is 0.333. The van der Waals surface area contributed by atoms with Crippen molar-refractivity contribution in [1.29, 1.82) is 0 Å². The van der Waals surface area contributed by atoms with Crippen molar-refractivity contribution in [2.45, 2.75) is 38.6 Å². The Bertz CT molecular complexity index is 1290. The normalized spacial score (nSPS) is 15.1. The molecule has 0 spiro atoms. The van der Waals surface area contributed by atoms with Crippen molar-refractivity contribution in [2.24, 2.45) is 5.92 Å². The molecule has 1 atom stereocenters. The van der Waals surface area contributed by atoms with Crippen molar-refractivity contribution in [3.05, 3.63) is 60.4 Å². The van der Waals surface area contributed by atoms with Gasteiger partial charge >= 0.3 is 5.97 Å². The molecule has 10 nitrogen and oxygen atoms in total. The molecule has 1 saturated carbocycles. The van der Waals surface area contributed by atoms with Crippen LogP contribution in [-0.2, 0) is 21.5 Å². The minimum atomic E-state index is -0.390. The summed E-state index contributed by atoms with van der Waals surface area (Å²) >= 11 is 0. The lowest BCUT2D eigenvalue weighted by Crippen LogP contribution is -2.28. The predicted octanol–water partition coefficient (Wildman–Crippen LogP) is 3.25. The summed E-state index contributed by atoms with van der Waals surface area (Å²) < 4.78 is 12.1. The first kappa shape index (κ1) is 21.7. The smallest absolute Gasteiger partial charge is 0.327 e. The Balaban J connectivity index is 1.40. The standard InChI is InChI=1S/C24H25N7O3/c1-3-33-20(32)14-31-13-17(12-28-31)21-29-22(30-34-21)24(2,19-8-9-19)18-6-4-15(5-7-18)16-10-26-23(25)27-11-16/h4-7,10-13,19H,3,8-9,14H2,1-2H3,(H2,25,26,27)/t24-/m0/s1. The van der Waals surface area contributed by atoms with Crippen LogP contribution < -0.4 is 5.73 Å². The molecule has 0 bridgehead atoms. The van der Waals surface area contributed by atoms with Gasteiger partial charge in [-0.3, -0.25) is 9.48 Å². The van der Waals surface area contributed by atoms with Gasteiger partial charge in [-0.05, 0) is 43.7 Å². The molecule has 1 aliphatic rings. The minimum absolute atomic E-state index is 0.0278. The number of nitrogen functional groups attached to an aromatic ring is 1. The lowest BCUT2D eigenvalue weighted by molar-refractivity contribution is -0.144. The van der Waals surface area contributed by atoms with Crippen molar-refractivity contribution in [3.63, 3.8) is 0 Å². The van der Waals surface area contributed by atoms with Gasteiger partial charge in [0.25, 0.3) is 5.89 Å². The van der Waals surface area contributed by atoms with Crippen molar-refractivity contribution >= 4 is 11.9 Å². The highest BCUT2D eigenvalue weighted by Gasteiger charge is 2.47. The average Bonchev–Trinajstić information content (AvgIpc) is 3.40. The number of hydrogen-bond donors (Lipinski definition) is 1. The zero-order valence-corrected chi connectivity index (χ0v) is 19.0. The second-order valence-electron chi connectivity index (χ2n) is 8.54. The van der Waals surface area contributed by atoms with Gasteiger partial charge in [0.1, 0.15) is 6.54 Å². The van der Waals surface area contributed by atoms with Gasteiger partial charge in [-0.1, -0.05) is 29.4 Å². The number of carbonyl (C=O) groups is 1. The molecular weight excluding hydrogens is 434 g/mol. The summed E-state index contributed by atoms with van der Waals surface area (Å²) in [5, 5.41) is 8.55. The number of rotatable bonds is 8. The number of hydrogen-bond acceptors (Lipinski definition) is 9. The zero-order valence-electron chi connectivity index (χ0n) is 19.0. The summed E-state index contributed by atoms with van der Waals surface area (Å²) in [6.45, 7) is 4.28. The van der Waals surface area contributed by atoms with Crippen LogP contribution in [0.4, 0.5) is 5.95 Å². The van der Waals surface area contributed by atoms with Gasteiger partial charge in [0.05, 0.1) is 23.8 Å². The Morgan fingerprint density at radius 3 is 2.56 bits per heavy atom. The average molecular weight is 460 g/mol. The van der Waals surface area contributed by atoms with Crippen LogP contribution in [0.5, 0.6) is 0 Å². The molecule has 5 rings (SSSR count). The van der Waals surface area contributed by atoms with Crippen LogP contribution in [-0.4, -0.2) is 42.5 Å². The van der Waals surface area contributed by atoms with Gasteiger partial charge < -0.3 is 15.0 Å². The molecule has 0 aliphatic heterocycles. The van der Waals surface area contributed by atoms with E-state index >= 15 is 0 Å². The summed E-state index contributed by atoms with van der Waals surface area (Å²) in [4.78, 5) is 24.6. The maximum Gasteiger partial charge on any atom is 0.327 e. The number of anilines is 1. The van der Waals surface area contributed by atoms with E-state index in [0.717, 1.165) is 29.5 Å². The van der Waals surface area contributed by atoms with Gasteiger partial charge in [0.2, 0.25) is 5.95 Å². The van der Waals surface area contributed by atoms with E-state index in [-0.39, 0.29) is 18.5 Å². The molecule has 2 N–H and O–H groups in total. The Morgan fingerprint density at radius 1 is 1.15 bits per heavy atom. The number of carbonyl (C=O) groups excluding carboxylic acids is 1. The topological polar surface area (TPSA) is 135 Å². The van der Waals surface area contributed by atoms with Gasteiger partial charge in [0.15, 0.2) is 5.82 Å². The second-order valence-corrected chi connectivity index (χ2v) is 8.54. The zero-order chi connectivity index (χ0) is 23.7. The third-order valence-electron chi connectivity index (χ3n) is 6.25. The molecule has 174 valence electrons. The summed E-state index contributed by atoms with van der Waals surface area (Å²) in [6, 6.07) is 8.28. The number of aromatic nitrogens is 6. The molecule has 1 fully saturated rings. The molecule has 10 heteroatoms. The van der Waals surface area contributed by atoms with Crippen LogP contribution in [0.25, 0.3) is 22.6 Å². The molecule has 4 aromatic rings. The molecule has 0 saturated heterocycles. The molecule has 3 heterocycles. The van der Waals surface area contributed by atoms with E-state index in [0.29, 0.717) is 29.8 Å². The highest BCUT2D eigenvalue weighted by molar-refractivity contribution is 5.69. The Morgan fingerprint density at radius 2 is 1.88 bits per heavy atom. The monoisotopic (exact) mass is 459 g/mol. The predicted molar refractivity (Wildman–Crippen MR) is 123 cm³/mol. The van der Waals surface area contributed by atoms with Gasteiger partial charge in [-0.25, -0.2) is 9.97 Å². The number of benzene rings is 1. The number of nitrogens with two attached hydrogens (primary N) is 1. The lowest BCUT2D eigenvalue weighted by Gasteiger charge is -2.27. The summed E-state index contributed by atoms with van der Waals surface area (Å²) in [5.41, 5.74) is 8.88. The first-order valence-electron chi connectivity index (χ1n) is 11.2. The van der Waals surface area contributed by atoms with Gasteiger partial charge in [-0.2, -0.15) is 10.1 Å². The first-order chi connectivity index (χ1) is 16.5. The van der Waals surface area contributed by atoms with Crippen LogP contribution >= 0.6 is 0 Å². The van der Waals surface area contributed by atoms with Crippen LogP contribution in [0.15, 0.2) is 53.6 Å². The molecule has 1 aromatic carbocycles. The highest BCUT2D eigenvalue weighted by atomic mass is 16.5. The highest BCUT2D eigenvalue weighted by Crippen LogP contribution is 2.50. The van der Waals surface area contributed by atoms with E-state index in [1.165, 1.54) is 4.68 Å². The fourth-order valence-corrected chi connectivity index (χ4v) is 4.16. The molecule has 0 radical (unpaired) electrons. The van der Waals surface area contributed by atoms with Crippen LogP contribution in [0.3, 0.4) is 0 Å². The van der Waals surface area contributed by atoms with E-state index in [4.69, 9.17) is 20.0 Å². The van der Waals surface area contributed by atoms with E-state index in [9.17, 15) is 4.79 Å². The maximum atomic E-state index is 11.7. The third-order valence-corrected chi connectivity index (χ3v) is 6.25. The number of esters is 1. The van der Waals surface area contributed by atoms with Crippen LogP contribution in [0.1, 0.15) is 38.1 Å². The lowest BCUT2D eigenvalue weighted by atomic mass is 9.77. The van der Waals surface area contributed by atoms with Gasteiger partial charge in [-0.15, -0.1) is 0 Å². The maximum absolute atomic E-state index is 11.7. The van der Waals surface area contributed by atoms with Crippen molar-refractivity contribution in [2.75, 3.05) is 12.3 Å². The quantitative estimate of drug-likeness (QED) is 0.394. The number of ether oxygens (including phenoxy) is 1. The number of nitrogens with zero attached hydrogens (tertiary/aromatic N) is 6. The summed E-state index contributed by atoms with van der Waals surface area (Å²) in [5.74, 6) is 1.33. The van der Waals surface area contributed by atoms with Crippen molar-refractivity contribution in [1.82, 2.24) is 29.9 Å². The van der Waals surface area contributed by atoms with E-state index < -0.39 is 5.41 Å².